The topological polar surface area (TPSA) is 85.9 Å². The normalized spacial score (nSPS) is 10.1. The van der Waals surface area contributed by atoms with E-state index >= 15 is 0 Å². The SMILES string of the molecule is C.Cc1c(C(=O)[O-])sc2nc(Cc3cccc(Cl)c3)[nH]c(=O)c12.[Na+]. The van der Waals surface area contributed by atoms with Crippen molar-refractivity contribution in [2.24, 2.45) is 0 Å². The minimum absolute atomic E-state index is 0. The predicted molar refractivity (Wildman–Crippen MR) is 90.3 cm³/mol. The van der Waals surface area contributed by atoms with Crippen LogP contribution in [0.1, 0.15) is 34.0 Å². The van der Waals surface area contributed by atoms with Crippen molar-refractivity contribution < 1.29 is 39.5 Å². The van der Waals surface area contributed by atoms with Gasteiger partial charge in [-0.2, -0.15) is 0 Å². The number of nitrogens with zero attached hydrogens (tertiary/aromatic N) is 1. The van der Waals surface area contributed by atoms with Crippen LogP contribution >= 0.6 is 22.9 Å². The number of hydrogen-bond acceptors (Lipinski definition) is 5. The molecule has 0 aliphatic carbocycles. The van der Waals surface area contributed by atoms with E-state index in [1.165, 1.54) is 0 Å². The second-order valence-corrected chi connectivity index (χ2v) is 6.28. The van der Waals surface area contributed by atoms with E-state index in [2.05, 4.69) is 9.97 Å². The number of carboxylic acids is 1. The van der Waals surface area contributed by atoms with E-state index in [4.69, 9.17) is 11.6 Å². The first kappa shape index (κ1) is 20.9. The van der Waals surface area contributed by atoms with Gasteiger partial charge in [-0.1, -0.05) is 31.2 Å². The van der Waals surface area contributed by atoms with Crippen LogP contribution in [0.2, 0.25) is 5.02 Å². The van der Waals surface area contributed by atoms with Crippen LogP contribution in [0.5, 0.6) is 0 Å². The molecule has 2 aromatic heterocycles. The summed E-state index contributed by atoms with van der Waals surface area (Å²) in [6, 6.07) is 7.25. The number of aryl methyl sites for hydroxylation is 1. The largest absolute Gasteiger partial charge is 1.00 e. The zero-order chi connectivity index (χ0) is 15.9. The molecular weight excluding hydrogens is 359 g/mol. The van der Waals surface area contributed by atoms with Crippen LogP contribution in [0.15, 0.2) is 29.1 Å². The van der Waals surface area contributed by atoms with E-state index in [1.807, 2.05) is 12.1 Å². The van der Waals surface area contributed by atoms with Gasteiger partial charge >= 0.3 is 29.6 Å². The Morgan fingerprint density at radius 2 is 2.12 bits per heavy atom. The van der Waals surface area contributed by atoms with Crippen molar-refractivity contribution in [2.45, 2.75) is 20.8 Å². The third-order valence-corrected chi connectivity index (χ3v) is 4.70. The molecule has 0 aliphatic rings. The Bertz CT molecular complexity index is 952. The number of benzene rings is 1. The zero-order valence-electron chi connectivity index (χ0n) is 12.5. The fraction of sp³-hybridized carbons (Fsp3) is 0.188. The summed E-state index contributed by atoms with van der Waals surface area (Å²) in [5, 5.41) is 12.0. The molecule has 0 radical (unpaired) electrons. The molecule has 0 fully saturated rings. The van der Waals surface area contributed by atoms with Gasteiger partial charge in [0.05, 0.1) is 16.2 Å². The summed E-state index contributed by atoms with van der Waals surface area (Å²) in [4.78, 5) is 30.7. The monoisotopic (exact) mass is 372 g/mol. The zero-order valence-corrected chi connectivity index (χ0v) is 16.0. The van der Waals surface area contributed by atoms with Crippen LogP contribution in [-0.4, -0.2) is 15.9 Å². The fourth-order valence-electron chi connectivity index (χ4n) is 2.31. The van der Waals surface area contributed by atoms with Crippen molar-refractivity contribution in [3.63, 3.8) is 0 Å². The number of H-pyrrole nitrogens is 1. The quantitative estimate of drug-likeness (QED) is 0.630. The second-order valence-electron chi connectivity index (χ2n) is 4.84. The maximum Gasteiger partial charge on any atom is 1.00 e. The molecule has 3 rings (SSSR count). The van der Waals surface area contributed by atoms with Crippen LogP contribution < -0.4 is 40.2 Å². The molecule has 1 N–H and O–H groups in total. The Morgan fingerprint density at radius 1 is 1.42 bits per heavy atom. The molecule has 2 heterocycles. The van der Waals surface area contributed by atoms with Crippen LogP contribution in [-0.2, 0) is 6.42 Å². The summed E-state index contributed by atoms with van der Waals surface area (Å²) in [5.41, 5.74) is 0.953. The number of aromatic carboxylic acids is 1. The molecule has 0 atom stereocenters. The minimum Gasteiger partial charge on any atom is -0.544 e. The number of carboxylic acid groups (broad SMARTS) is 1. The van der Waals surface area contributed by atoms with Gasteiger partial charge in [-0.25, -0.2) is 4.98 Å². The Kier molecular flexibility index (Phi) is 7.19. The molecule has 0 amide bonds. The van der Waals surface area contributed by atoms with Crippen LogP contribution in [0.4, 0.5) is 0 Å². The van der Waals surface area contributed by atoms with Crippen molar-refractivity contribution >= 4 is 39.1 Å². The Balaban J connectivity index is 0.00000144. The molecule has 3 aromatic rings. The third kappa shape index (κ3) is 4.07. The summed E-state index contributed by atoms with van der Waals surface area (Å²) in [5.74, 6) is -0.831. The number of rotatable bonds is 3. The fourth-order valence-corrected chi connectivity index (χ4v) is 3.56. The maximum atomic E-state index is 12.2. The van der Waals surface area contributed by atoms with Crippen LogP contribution in [0.3, 0.4) is 0 Å². The number of halogens is 1. The molecule has 0 aliphatic heterocycles. The van der Waals surface area contributed by atoms with Crippen LogP contribution in [0.25, 0.3) is 10.2 Å². The smallest absolute Gasteiger partial charge is 0.544 e. The van der Waals surface area contributed by atoms with Gasteiger partial charge in [0.15, 0.2) is 0 Å². The van der Waals surface area contributed by atoms with Gasteiger partial charge in [0.1, 0.15) is 10.7 Å². The van der Waals surface area contributed by atoms with E-state index < -0.39 is 5.97 Å². The standard InChI is InChI=1S/C15H11ClN2O3S.CH4.Na/c1-7-11-13(19)17-10(6-8-3-2-4-9(16)5-8)18-14(11)22-12(7)15(20)21;;/h2-5H,6H2,1H3,(H,20,21)(H,17,18,19);1H4;/q;;+1/p-1. The van der Waals surface area contributed by atoms with E-state index in [0.717, 1.165) is 16.9 Å². The Hall–Kier alpha value is -1.18. The number of hydrogen-bond donors (Lipinski definition) is 1. The average molecular weight is 373 g/mol. The molecule has 24 heavy (non-hydrogen) atoms. The van der Waals surface area contributed by atoms with Crippen LogP contribution in [0, 0.1) is 6.92 Å². The summed E-state index contributed by atoms with van der Waals surface area (Å²) in [7, 11) is 0. The molecular formula is C16H14ClN2NaO3S. The Labute approximate surface area is 170 Å². The molecule has 0 spiro atoms. The molecule has 1 aromatic carbocycles. The number of nitrogens with one attached hydrogen (secondary N) is 1. The van der Waals surface area contributed by atoms with Gasteiger partial charge in [0.25, 0.3) is 5.56 Å². The number of fused-ring (bicyclic) bond motifs is 1. The van der Waals surface area contributed by atoms with Crippen molar-refractivity contribution in [1.82, 2.24) is 9.97 Å². The van der Waals surface area contributed by atoms with Gasteiger partial charge in [-0.3, -0.25) is 4.79 Å². The molecule has 8 heteroatoms. The first-order valence-corrected chi connectivity index (χ1v) is 7.63. The number of thiophene rings is 1. The molecule has 120 valence electrons. The van der Waals surface area contributed by atoms with Crippen molar-refractivity contribution in [2.75, 3.05) is 0 Å². The molecule has 0 saturated carbocycles. The number of carbonyl (C=O) groups excluding carboxylic acids is 1. The van der Waals surface area contributed by atoms with Gasteiger partial charge in [0, 0.05) is 11.4 Å². The second kappa shape index (κ2) is 8.27. The van der Waals surface area contributed by atoms with Crippen molar-refractivity contribution in [3.8, 4) is 0 Å². The molecule has 0 bridgehead atoms. The third-order valence-electron chi connectivity index (χ3n) is 3.30. The molecule has 0 unspecified atom stereocenters. The van der Waals surface area contributed by atoms with E-state index in [1.54, 1.807) is 19.1 Å². The van der Waals surface area contributed by atoms with Crippen molar-refractivity contribution in [1.29, 1.82) is 0 Å². The van der Waals surface area contributed by atoms with Gasteiger partial charge in [-0.05, 0) is 30.2 Å². The molecule has 5 nitrogen and oxygen atoms in total. The Morgan fingerprint density at radius 3 is 2.75 bits per heavy atom. The molecule has 0 saturated heterocycles. The summed E-state index contributed by atoms with van der Waals surface area (Å²) < 4.78 is 0. The summed E-state index contributed by atoms with van der Waals surface area (Å²) in [6.07, 6.45) is 0.406. The van der Waals surface area contributed by atoms with Gasteiger partial charge < -0.3 is 14.9 Å². The number of aromatic amines is 1. The van der Waals surface area contributed by atoms with Gasteiger partial charge in [0.2, 0.25) is 0 Å². The predicted octanol–water partition coefficient (Wildman–Crippen LogP) is -0.459. The first-order chi connectivity index (χ1) is 10.5. The summed E-state index contributed by atoms with van der Waals surface area (Å²) >= 11 is 6.89. The first-order valence-electron chi connectivity index (χ1n) is 6.44. The summed E-state index contributed by atoms with van der Waals surface area (Å²) in [6.45, 7) is 1.58. The minimum atomic E-state index is -1.30. The number of carbonyl (C=O) groups is 1. The number of aromatic nitrogens is 2. The average Bonchev–Trinajstić information content (AvgIpc) is 2.76. The van der Waals surface area contributed by atoms with E-state index in [9.17, 15) is 14.7 Å². The van der Waals surface area contributed by atoms with Gasteiger partial charge in [-0.15, -0.1) is 11.3 Å². The maximum absolute atomic E-state index is 12.2. The van der Waals surface area contributed by atoms with E-state index in [-0.39, 0.29) is 47.4 Å². The van der Waals surface area contributed by atoms with E-state index in [0.29, 0.717) is 33.0 Å². The van der Waals surface area contributed by atoms with Crippen molar-refractivity contribution in [3.05, 3.63) is 61.5 Å².